The van der Waals surface area contributed by atoms with Crippen LogP contribution in [0.3, 0.4) is 0 Å². The number of ketones is 1. The number of hydrogen-bond donors (Lipinski definition) is 1. The van der Waals surface area contributed by atoms with Crippen molar-refractivity contribution in [2.24, 2.45) is 5.92 Å². The van der Waals surface area contributed by atoms with Crippen LogP contribution in [0.2, 0.25) is 0 Å². The normalized spacial score (nSPS) is 10.4. The van der Waals surface area contributed by atoms with Crippen molar-refractivity contribution in [1.29, 1.82) is 0 Å². The van der Waals surface area contributed by atoms with Crippen molar-refractivity contribution in [3.63, 3.8) is 0 Å². The van der Waals surface area contributed by atoms with E-state index in [-0.39, 0.29) is 11.5 Å². The molecule has 1 aromatic rings. The van der Waals surface area contributed by atoms with Crippen molar-refractivity contribution < 1.29 is 9.72 Å². The van der Waals surface area contributed by atoms with Crippen LogP contribution in [-0.4, -0.2) is 17.3 Å². The van der Waals surface area contributed by atoms with Crippen LogP contribution >= 0.6 is 0 Å². The van der Waals surface area contributed by atoms with E-state index in [4.69, 9.17) is 0 Å². The van der Waals surface area contributed by atoms with Crippen molar-refractivity contribution in [2.45, 2.75) is 20.8 Å². The number of hydrogen-bond acceptors (Lipinski definition) is 4. The highest BCUT2D eigenvalue weighted by Gasteiger charge is 2.15. The molecule has 0 saturated carbocycles. The summed E-state index contributed by atoms with van der Waals surface area (Å²) in [4.78, 5) is 21.6. The van der Waals surface area contributed by atoms with Gasteiger partial charge in [-0.05, 0) is 25.0 Å². The van der Waals surface area contributed by atoms with Gasteiger partial charge in [-0.3, -0.25) is 14.9 Å². The van der Waals surface area contributed by atoms with E-state index in [1.165, 1.54) is 13.0 Å². The molecule has 17 heavy (non-hydrogen) atoms. The van der Waals surface area contributed by atoms with Crippen molar-refractivity contribution >= 4 is 17.2 Å². The average molecular weight is 236 g/mol. The predicted octanol–water partition coefficient (Wildman–Crippen LogP) is 2.87. The first-order valence-corrected chi connectivity index (χ1v) is 5.45. The Bertz CT molecular complexity index is 441. The van der Waals surface area contributed by atoms with E-state index in [1.54, 1.807) is 12.1 Å². The van der Waals surface area contributed by atoms with Crippen LogP contribution in [0.25, 0.3) is 0 Å². The fraction of sp³-hybridized carbons (Fsp3) is 0.417. The summed E-state index contributed by atoms with van der Waals surface area (Å²) in [7, 11) is 0. The molecule has 5 nitrogen and oxygen atoms in total. The molecule has 0 amide bonds. The zero-order valence-corrected chi connectivity index (χ0v) is 10.2. The fourth-order valence-electron chi connectivity index (χ4n) is 1.37. The third-order valence-electron chi connectivity index (χ3n) is 2.30. The molecule has 1 N–H and O–H groups in total. The van der Waals surface area contributed by atoms with Crippen LogP contribution in [0.1, 0.15) is 31.1 Å². The molecule has 0 aliphatic heterocycles. The van der Waals surface area contributed by atoms with Crippen molar-refractivity contribution in [1.82, 2.24) is 0 Å². The van der Waals surface area contributed by atoms with Gasteiger partial charge in [0.25, 0.3) is 5.69 Å². The van der Waals surface area contributed by atoms with Gasteiger partial charge in [0.05, 0.1) is 4.92 Å². The monoisotopic (exact) mass is 236 g/mol. The molecular weight excluding hydrogens is 220 g/mol. The standard InChI is InChI=1S/C12H16N2O3/c1-8(2)7-13-11-5-4-10(9(3)15)6-12(11)14(16)17/h4-6,8,13H,7H2,1-3H3. The Hall–Kier alpha value is -1.91. The molecule has 0 heterocycles. The van der Waals surface area contributed by atoms with Crippen molar-refractivity contribution in [3.05, 3.63) is 33.9 Å². The van der Waals surface area contributed by atoms with Gasteiger partial charge in [-0.15, -0.1) is 0 Å². The van der Waals surface area contributed by atoms with Crippen molar-refractivity contribution in [2.75, 3.05) is 11.9 Å². The largest absolute Gasteiger partial charge is 0.379 e. The Balaban J connectivity index is 3.04. The fourth-order valence-corrected chi connectivity index (χ4v) is 1.37. The second-order valence-electron chi connectivity index (χ2n) is 4.32. The quantitative estimate of drug-likeness (QED) is 0.484. The summed E-state index contributed by atoms with van der Waals surface area (Å²) >= 11 is 0. The van der Waals surface area contributed by atoms with E-state index in [1.807, 2.05) is 13.8 Å². The summed E-state index contributed by atoms with van der Waals surface area (Å²) in [6.07, 6.45) is 0. The highest BCUT2D eigenvalue weighted by atomic mass is 16.6. The van der Waals surface area contributed by atoms with E-state index in [0.29, 0.717) is 23.7 Å². The van der Waals surface area contributed by atoms with Gasteiger partial charge in [-0.2, -0.15) is 0 Å². The molecule has 0 spiro atoms. The lowest BCUT2D eigenvalue weighted by molar-refractivity contribution is -0.384. The van der Waals surface area contributed by atoms with E-state index >= 15 is 0 Å². The molecule has 0 aliphatic rings. The second-order valence-corrected chi connectivity index (χ2v) is 4.32. The lowest BCUT2D eigenvalue weighted by Gasteiger charge is -2.09. The molecule has 1 aromatic carbocycles. The van der Waals surface area contributed by atoms with Gasteiger partial charge < -0.3 is 5.32 Å². The zero-order chi connectivity index (χ0) is 13.0. The number of Topliss-reactive ketones (excluding diaryl/α,β-unsaturated/α-hetero) is 1. The molecule has 1 rings (SSSR count). The molecule has 0 saturated heterocycles. The number of benzene rings is 1. The lowest BCUT2D eigenvalue weighted by atomic mass is 10.1. The maximum absolute atomic E-state index is 11.2. The SMILES string of the molecule is CC(=O)c1ccc(NCC(C)C)c([N+](=O)[O-])c1. The first kappa shape index (κ1) is 13.2. The van der Waals surface area contributed by atoms with Gasteiger partial charge in [-0.25, -0.2) is 0 Å². The third-order valence-corrected chi connectivity index (χ3v) is 2.30. The minimum atomic E-state index is -0.477. The van der Waals surface area contributed by atoms with E-state index in [0.717, 1.165) is 0 Å². The molecule has 92 valence electrons. The summed E-state index contributed by atoms with van der Waals surface area (Å²) < 4.78 is 0. The molecule has 0 atom stereocenters. The van der Waals surface area contributed by atoms with Gasteiger partial charge in [0.1, 0.15) is 5.69 Å². The molecule has 0 radical (unpaired) electrons. The zero-order valence-electron chi connectivity index (χ0n) is 10.2. The molecular formula is C12H16N2O3. The highest BCUT2D eigenvalue weighted by Crippen LogP contribution is 2.25. The van der Waals surface area contributed by atoms with Crippen LogP contribution < -0.4 is 5.32 Å². The number of nitro benzene ring substituents is 1. The number of carbonyl (C=O) groups excluding carboxylic acids is 1. The third kappa shape index (κ3) is 3.55. The van der Waals surface area contributed by atoms with E-state index < -0.39 is 4.92 Å². The summed E-state index contributed by atoms with van der Waals surface area (Å²) in [5.74, 6) is 0.214. The number of nitrogens with zero attached hydrogens (tertiary/aromatic N) is 1. The molecule has 0 aromatic heterocycles. The minimum Gasteiger partial charge on any atom is -0.379 e. The molecule has 5 heteroatoms. The maximum Gasteiger partial charge on any atom is 0.293 e. The van der Waals surface area contributed by atoms with Crippen LogP contribution in [0.15, 0.2) is 18.2 Å². The average Bonchev–Trinajstić information content (AvgIpc) is 2.25. The van der Waals surface area contributed by atoms with Crippen LogP contribution in [0.5, 0.6) is 0 Å². The first-order valence-electron chi connectivity index (χ1n) is 5.45. The molecule has 0 aliphatic carbocycles. The number of nitrogens with one attached hydrogen (secondary N) is 1. The van der Waals surface area contributed by atoms with Crippen LogP contribution in [-0.2, 0) is 0 Å². The summed E-state index contributed by atoms with van der Waals surface area (Å²) in [5.41, 5.74) is 0.749. The first-order chi connectivity index (χ1) is 7.91. The number of nitro groups is 1. The second kappa shape index (κ2) is 5.43. The molecule has 0 unspecified atom stereocenters. The Morgan fingerprint density at radius 3 is 2.59 bits per heavy atom. The Labute approximate surface area is 100.0 Å². The van der Waals surface area contributed by atoms with Gasteiger partial charge in [0.2, 0.25) is 0 Å². The van der Waals surface area contributed by atoms with Gasteiger partial charge in [-0.1, -0.05) is 13.8 Å². The number of anilines is 1. The topological polar surface area (TPSA) is 72.2 Å². The predicted molar refractivity (Wildman–Crippen MR) is 66.4 cm³/mol. The smallest absolute Gasteiger partial charge is 0.293 e. The van der Waals surface area contributed by atoms with Gasteiger partial charge in [0.15, 0.2) is 5.78 Å². The van der Waals surface area contributed by atoms with Gasteiger partial charge >= 0.3 is 0 Å². The molecule has 0 fully saturated rings. The lowest BCUT2D eigenvalue weighted by Crippen LogP contribution is -2.10. The summed E-state index contributed by atoms with van der Waals surface area (Å²) in [6.45, 7) is 6.08. The maximum atomic E-state index is 11.2. The highest BCUT2D eigenvalue weighted by molar-refractivity contribution is 5.95. The van der Waals surface area contributed by atoms with Crippen molar-refractivity contribution in [3.8, 4) is 0 Å². The Kier molecular flexibility index (Phi) is 4.20. The van der Waals surface area contributed by atoms with E-state index in [9.17, 15) is 14.9 Å². The Morgan fingerprint density at radius 2 is 2.12 bits per heavy atom. The minimum absolute atomic E-state index is 0.0571. The number of carbonyl (C=O) groups is 1. The summed E-state index contributed by atoms with van der Waals surface area (Å²) in [5, 5.41) is 13.9. The van der Waals surface area contributed by atoms with Crippen LogP contribution in [0, 0.1) is 16.0 Å². The number of rotatable bonds is 5. The van der Waals surface area contributed by atoms with Crippen LogP contribution in [0.4, 0.5) is 11.4 Å². The summed E-state index contributed by atoms with van der Waals surface area (Å²) in [6, 6.07) is 4.49. The molecule has 0 bridgehead atoms. The van der Waals surface area contributed by atoms with E-state index in [2.05, 4.69) is 5.32 Å². The van der Waals surface area contributed by atoms with Gasteiger partial charge in [0, 0.05) is 18.2 Å². The Morgan fingerprint density at radius 1 is 1.47 bits per heavy atom.